The van der Waals surface area contributed by atoms with Crippen LogP contribution < -0.4 is 5.32 Å². The standard InChI is InChI=1S/C10H17N3O3/c1-3-8(9(14)15)12-10(16)13(4-2)7-5-6-11/h8H,3-5,7H2,1-2H3,(H,12,16)(H,14,15)/t8-/m0/s1. The van der Waals surface area contributed by atoms with Crippen LogP contribution in [-0.4, -0.2) is 41.1 Å². The average molecular weight is 227 g/mol. The molecule has 0 fully saturated rings. The van der Waals surface area contributed by atoms with Crippen LogP contribution in [0.4, 0.5) is 4.79 Å². The summed E-state index contributed by atoms with van der Waals surface area (Å²) in [5, 5.41) is 19.6. The Morgan fingerprint density at radius 3 is 2.50 bits per heavy atom. The molecule has 0 aromatic rings. The fourth-order valence-corrected chi connectivity index (χ4v) is 1.17. The van der Waals surface area contributed by atoms with Gasteiger partial charge in [-0.3, -0.25) is 0 Å². The number of carbonyl (C=O) groups excluding carboxylic acids is 1. The van der Waals surface area contributed by atoms with E-state index < -0.39 is 18.0 Å². The van der Waals surface area contributed by atoms with Gasteiger partial charge in [0.2, 0.25) is 0 Å². The number of amides is 2. The van der Waals surface area contributed by atoms with Gasteiger partial charge in [-0.2, -0.15) is 5.26 Å². The van der Waals surface area contributed by atoms with Gasteiger partial charge in [-0.25, -0.2) is 9.59 Å². The van der Waals surface area contributed by atoms with Crippen LogP contribution in [0.5, 0.6) is 0 Å². The molecule has 0 unspecified atom stereocenters. The van der Waals surface area contributed by atoms with Crippen molar-refractivity contribution < 1.29 is 14.7 Å². The van der Waals surface area contributed by atoms with Gasteiger partial charge in [-0.15, -0.1) is 0 Å². The summed E-state index contributed by atoms with van der Waals surface area (Å²) in [5.74, 6) is -1.05. The van der Waals surface area contributed by atoms with Crippen LogP contribution in [0.25, 0.3) is 0 Å². The van der Waals surface area contributed by atoms with Gasteiger partial charge < -0.3 is 15.3 Å². The number of carboxylic acid groups (broad SMARTS) is 1. The first-order valence-corrected chi connectivity index (χ1v) is 5.21. The zero-order chi connectivity index (χ0) is 12.6. The van der Waals surface area contributed by atoms with Crippen molar-refractivity contribution in [3.63, 3.8) is 0 Å². The van der Waals surface area contributed by atoms with Crippen molar-refractivity contribution >= 4 is 12.0 Å². The number of aliphatic carboxylic acids is 1. The highest BCUT2D eigenvalue weighted by atomic mass is 16.4. The number of rotatable bonds is 6. The predicted octanol–water partition coefficient (Wildman–Crippen LogP) is 0.795. The van der Waals surface area contributed by atoms with E-state index in [1.807, 2.05) is 6.07 Å². The van der Waals surface area contributed by atoms with Crippen LogP contribution in [0.15, 0.2) is 0 Å². The van der Waals surface area contributed by atoms with E-state index in [-0.39, 0.29) is 6.42 Å². The molecule has 0 spiro atoms. The van der Waals surface area contributed by atoms with Crippen LogP contribution in [0.2, 0.25) is 0 Å². The topological polar surface area (TPSA) is 93.4 Å². The smallest absolute Gasteiger partial charge is 0.326 e. The highest BCUT2D eigenvalue weighted by Gasteiger charge is 2.20. The Hall–Kier alpha value is -1.77. The largest absolute Gasteiger partial charge is 0.480 e. The molecule has 0 aliphatic carbocycles. The molecule has 0 radical (unpaired) electrons. The Kier molecular flexibility index (Phi) is 6.68. The first-order chi connectivity index (χ1) is 7.56. The first kappa shape index (κ1) is 14.2. The fraction of sp³-hybridized carbons (Fsp3) is 0.700. The third-order valence-corrected chi connectivity index (χ3v) is 2.17. The summed E-state index contributed by atoms with van der Waals surface area (Å²) in [6.45, 7) is 4.22. The highest BCUT2D eigenvalue weighted by molar-refractivity contribution is 5.82. The van der Waals surface area contributed by atoms with Crippen molar-refractivity contribution in [2.45, 2.75) is 32.7 Å². The van der Waals surface area contributed by atoms with E-state index in [4.69, 9.17) is 10.4 Å². The summed E-state index contributed by atoms with van der Waals surface area (Å²) in [6, 6.07) is 0.630. The molecule has 2 amide bonds. The van der Waals surface area contributed by atoms with Crippen LogP contribution in [0.3, 0.4) is 0 Å². The predicted molar refractivity (Wildman–Crippen MR) is 57.7 cm³/mol. The Morgan fingerprint density at radius 1 is 1.50 bits per heavy atom. The van der Waals surface area contributed by atoms with E-state index in [2.05, 4.69) is 5.32 Å². The lowest BCUT2D eigenvalue weighted by molar-refractivity contribution is -0.139. The molecule has 16 heavy (non-hydrogen) atoms. The molecule has 0 aromatic heterocycles. The number of nitriles is 1. The lowest BCUT2D eigenvalue weighted by atomic mass is 10.2. The van der Waals surface area contributed by atoms with Gasteiger partial charge in [-0.1, -0.05) is 6.92 Å². The summed E-state index contributed by atoms with van der Waals surface area (Å²) in [6.07, 6.45) is 0.571. The normalized spacial score (nSPS) is 11.3. The summed E-state index contributed by atoms with van der Waals surface area (Å²) < 4.78 is 0. The van der Waals surface area contributed by atoms with Gasteiger partial charge in [0, 0.05) is 13.1 Å². The van der Waals surface area contributed by atoms with Gasteiger partial charge in [-0.05, 0) is 13.3 Å². The van der Waals surface area contributed by atoms with Crippen molar-refractivity contribution in [2.75, 3.05) is 13.1 Å². The molecule has 1 atom stereocenters. The molecule has 6 heteroatoms. The molecule has 0 bridgehead atoms. The van der Waals surface area contributed by atoms with E-state index in [0.29, 0.717) is 19.5 Å². The van der Waals surface area contributed by atoms with E-state index >= 15 is 0 Å². The zero-order valence-corrected chi connectivity index (χ0v) is 9.56. The minimum Gasteiger partial charge on any atom is -0.480 e. The van der Waals surface area contributed by atoms with Crippen LogP contribution in [0.1, 0.15) is 26.7 Å². The number of hydrogen-bond acceptors (Lipinski definition) is 3. The zero-order valence-electron chi connectivity index (χ0n) is 9.56. The van der Waals surface area contributed by atoms with E-state index in [1.54, 1.807) is 13.8 Å². The Labute approximate surface area is 94.8 Å². The molecule has 0 aliphatic rings. The third kappa shape index (κ3) is 4.64. The molecule has 0 saturated carbocycles. The van der Waals surface area contributed by atoms with Gasteiger partial charge >= 0.3 is 12.0 Å². The first-order valence-electron chi connectivity index (χ1n) is 5.21. The second kappa shape index (κ2) is 7.51. The van der Waals surface area contributed by atoms with Gasteiger partial charge in [0.25, 0.3) is 0 Å². The quantitative estimate of drug-likeness (QED) is 0.701. The maximum absolute atomic E-state index is 11.6. The molecule has 90 valence electrons. The van der Waals surface area contributed by atoms with Crippen molar-refractivity contribution in [3.05, 3.63) is 0 Å². The number of nitrogens with one attached hydrogen (secondary N) is 1. The molecule has 2 N–H and O–H groups in total. The Morgan fingerprint density at radius 2 is 2.12 bits per heavy atom. The van der Waals surface area contributed by atoms with Crippen LogP contribution >= 0.6 is 0 Å². The minimum absolute atomic E-state index is 0.241. The lowest BCUT2D eigenvalue weighted by Gasteiger charge is -2.22. The van der Waals surface area contributed by atoms with E-state index in [1.165, 1.54) is 4.90 Å². The van der Waals surface area contributed by atoms with Crippen molar-refractivity contribution in [2.24, 2.45) is 0 Å². The molecular weight excluding hydrogens is 210 g/mol. The number of hydrogen-bond donors (Lipinski definition) is 2. The van der Waals surface area contributed by atoms with Crippen molar-refractivity contribution in [3.8, 4) is 6.07 Å². The van der Waals surface area contributed by atoms with Gasteiger partial charge in [0.15, 0.2) is 0 Å². The monoisotopic (exact) mass is 227 g/mol. The van der Waals surface area contributed by atoms with Crippen LogP contribution in [-0.2, 0) is 4.79 Å². The molecule has 0 aromatic carbocycles. The van der Waals surface area contributed by atoms with Crippen molar-refractivity contribution in [1.82, 2.24) is 10.2 Å². The average Bonchev–Trinajstić information content (AvgIpc) is 2.26. The fourth-order valence-electron chi connectivity index (χ4n) is 1.17. The van der Waals surface area contributed by atoms with Crippen molar-refractivity contribution in [1.29, 1.82) is 5.26 Å². The third-order valence-electron chi connectivity index (χ3n) is 2.17. The Balaban J connectivity index is 4.29. The molecule has 0 rings (SSSR count). The van der Waals surface area contributed by atoms with Gasteiger partial charge in [0.05, 0.1) is 12.5 Å². The van der Waals surface area contributed by atoms with Gasteiger partial charge in [0.1, 0.15) is 6.04 Å². The number of carboxylic acids is 1. The minimum atomic E-state index is -1.05. The Bertz CT molecular complexity index is 286. The summed E-state index contributed by atoms with van der Waals surface area (Å²) in [7, 11) is 0. The second-order valence-corrected chi connectivity index (χ2v) is 3.24. The summed E-state index contributed by atoms with van der Waals surface area (Å²) in [5.41, 5.74) is 0. The maximum Gasteiger partial charge on any atom is 0.326 e. The van der Waals surface area contributed by atoms with E-state index in [0.717, 1.165) is 0 Å². The molecule has 0 heterocycles. The molecule has 0 saturated heterocycles. The van der Waals surface area contributed by atoms with Crippen LogP contribution in [0, 0.1) is 11.3 Å². The van der Waals surface area contributed by atoms with E-state index in [9.17, 15) is 9.59 Å². The SMILES string of the molecule is CC[C@H](NC(=O)N(CC)CCC#N)C(=O)O. The number of carbonyl (C=O) groups is 2. The molecular formula is C10H17N3O3. The summed E-state index contributed by atoms with van der Waals surface area (Å²) in [4.78, 5) is 23.7. The number of urea groups is 1. The lowest BCUT2D eigenvalue weighted by Crippen LogP contribution is -2.47. The molecule has 6 nitrogen and oxygen atoms in total. The second-order valence-electron chi connectivity index (χ2n) is 3.24. The molecule has 0 aliphatic heterocycles. The number of nitrogens with zero attached hydrogens (tertiary/aromatic N) is 2. The highest BCUT2D eigenvalue weighted by Crippen LogP contribution is 1.96. The summed E-state index contributed by atoms with van der Waals surface area (Å²) >= 11 is 0. The maximum atomic E-state index is 11.6.